The summed E-state index contributed by atoms with van der Waals surface area (Å²) in [5, 5.41) is 4.01. The van der Waals surface area contributed by atoms with E-state index in [1.54, 1.807) is 30.2 Å². The summed E-state index contributed by atoms with van der Waals surface area (Å²) in [6, 6.07) is 0. The Labute approximate surface area is 156 Å². The van der Waals surface area contributed by atoms with Gasteiger partial charge in [0.05, 0.1) is 12.5 Å². The summed E-state index contributed by atoms with van der Waals surface area (Å²) in [5.74, 6) is 0.956. The van der Waals surface area contributed by atoms with E-state index in [4.69, 9.17) is 4.52 Å². The number of imidazole rings is 1. The first-order valence-corrected chi connectivity index (χ1v) is 10.0. The van der Waals surface area contributed by atoms with Gasteiger partial charge in [0.15, 0.2) is 5.03 Å². The van der Waals surface area contributed by atoms with Crippen LogP contribution in [0.1, 0.15) is 18.7 Å². The van der Waals surface area contributed by atoms with Gasteiger partial charge in [-0.3, -0.25) is 4.98 Å². The molecule has 1 aliphatic rings. The summed E-state index contributed by atoms with van der Waals surface area (Å²) >= 11 is 0. The zero-order valence-corrected chi connectivity index (χ0v) is 15.6. The lowest BCUT2D eigenvalue weighted by Crippen LogP contribution is -2.40. The zero-order chi connectivity index (χ0) is 18.9. The fourth-order valence-electron chi connectivity index (χ4n) is 3.17. The monoisotopic (exact) mass is 389 g/mol. The van der Waals surface area contributed by atoms with Crippen molar-refractivity contribution in [3.8, 4) is 11.5 Å². The van der Waals surface area contributed by atoms with Crippen molar-refractivity contribution in [1.29, 1.82) is 0 Å². The van der Waals surface area contributed by atoms with Crippen LogP contribution < -0.4 is 0 Å². The number of aromatic nitrogens is 6. The Kier molecular flexibility index (Phi) is 4.70. The Morgan fingerprint density at radius 3 is 2.93 bits per heavy atom. The first-order valence-electron chi connectivity index (χ1n) is 8.59. The van der Waals surface area contributed by atoms with Crippen molar-refractivity contribution < 1.29 is 12.9 Å². The fraction of sp³-hybridized carbons (Fsp3) is 0.438. The van der Waals surface area contributed by atoms with Crippen molar-refractivity contribution >= 4 is 10.0 Å². The summed E-state index contributed by atoms with van der Waals surface area (Å²) in [6.45, 7) is 0.895. The maximum atomic E-state index is 12.8. The van der Waals surface area contributed by atoms with Crippen molar-refractivity contribution in [2.75, 3.05) is 13.1 Å². The molecule has 4 rings (SSSR count). The van der Waals surface area contributed by atoms with E-state index in [1.165, 1.54) is 16.8 Å². The number of aryl methyl sites for hydroxylation is 1. The van der Waals surface area contributed by atoms with Gasteiger partial charge in [-0.25, -0.2) is 18.4 Å². The molecule has 3 aromatic rings. The van der Waals surface area contributed by atoms with Crippen molar-refractivity contribution in [3.63, 3.8) is 0 Å². The maximum absolute atomic E-state index is 12.8. The first kappa shape index (κ1) is 17.7. The van der Waals surface area contributed by atoms with Crippen molar-refractivity contribution in [3.05, 3.63) is 37.0 Å². The number of hydrogen-bond acceptors (Lipinski definition) is 8. The quantitative estimate of drug-likeness (QED) is 0.631. The minimum Gasteiger partial charge on any atom is -0.339 e. The van der Waals surface area contributed by atoms with Crippen LogP contribution in [0.3, 0.4) is 0 Å². The largest absolute Gasteiger partial charge is 0.339 e. The Bertz CT molecular complexity index is 1020. The van der Waals surface area contributed by atoms with E-state index in [0.717, 1.165) is 12.8 Å². The molecule has 0 unspecified atom stereocenters. The fourth-order valence-corrected chi connectivity index (χ4v) is 4.69. The zero-order valence-electron chi connectivity index (χ0n) is 14.8. The highest BCUT2D eigenvalue weighted by molar-refractivity contribution is 7.89. The molecule has 1 fully saturated rings. The Morgan fingerprint density at radius 1 is 1.30 bits per heavy atom. The first-order chi connectivity index (χ1) is 13.0. The molecule has 0 N–H and O–H groups in total. The van der Waals surface area contributed by atoms with Crippen LogP contribution in [-0.4, -0.2) is 55.5 Å². The number of rotatable bonds is 5. The lowest BCUT2D eigenvalue weighted by atomic mass is 9.96. The predicted octanol–water partition coefficient (Wildman–Crippen LogP) is 0.903. The Balaban J connectivity index is 1.46. The molecular weight excluding hydrogens is 370 g/mol. The van der Waals surface area contributed by atoms with E-state index >= 15 is 0 Å². The smallest absolute Gasteiger partial charge is 0.262 e. The highest BCUT2D eigenvalue weighted by Gasteiger charge is 2.32. The van der Waals surface area contributed by atoms with Gasteiger partial charge < -0.3 is 9.09 Å². The van der Waals surface area contributed by atoms with Crippen LogP contribution in [0.25, 0.3) is 11.5 Å². The second-order valence-corrected chi connectivity index (χ2v) is 8.44. The topological polar surface area (TPSA) is 120 Å². The van der Waals surface area contributed by atoms with Gasteiger partial charge in [-0.05, 0) is 18.8 Å². The third kappa shape index (κ3) is 3.74. The highest BCUT2D eigenvalue weighted by Crippen LogP contribution is 2.25. The van der Waals surface area contributed by atoms with Crippen LogP contribution in [0.4, 0.5) is 0 Å². The minimum atomic E-state index is -3.59. The van der Waals surface area contributed by atoms with Crippen LogP contribution in [0.15, 0.2) is 40.7 Å². The molecule has 0 radical (unpaired) electrons. The molecular formula is C16H19N7O3S. The molecule has 4 heterocycles. The molecule has 3 aromatic heterocycles. The summed E-state index contributed by atoms with van der Waals surface area (Å²) in [5.41, 5.74) is 0.538. The second-order valence-electron chi connectivity index (χ2n) is 6.56. The van der Waals surface area contributed by atoms with Gasteiger partial charge in [-0.2, -0.15) is 9.29 Å². The Hall–Kier alpha value is -2.66. The van der Waals surface area contributed by atoms with Crippen LogP contribution in [0.2, 0.25) is 0 Å². The Morgan fingerprint density at radius 2 is 2.19 bits per heavy atom. The lowest BCUT2D eigenvalue weighted by molar-refractivity contribution is 0.246. The van der Waals surface area contributed by atoms with Crippen molar-refractivity contribution in [2.24, 2.45) is 13.0 Å². The van der Waals surface area contributed by atoms with E-state index in [-0.39, 0.29) is 10.9 Å². The third-order valence-electron chi connectivity index (χ3n) is 4.49. The van der Waals surface area contributed by atoms with Crippen molar-refractivity contribution in [2.45, 2.75) is 24.3 Å². The third-order valence-corrected chi connectivity index (χ3v) is 6.24. The molecule has 1 saturated heterocycles. The lowest BCUT2D eigenvalue weighted by Gasteiger charge is -2.30. The molecule has 142 valence electrons. The molecule has 10 nitrogen and oxygen atoms in total. The van der Waals surface area contributed by atoms with E-state index in [9.17, 15) is 8.42 Å². The molecule has 27 heavy (non-hydrogen) atoms. The van der Waals surface area contributed by atoms with Crippen LogP contribution in [0.5, 0.6) is 0 Å². The molecule has 0 aromatic carbocycles. The molecule has 0 aliphatic carbocycles. The van der Waals surface area contributed by atoms with Gasteiger partial charge in [0.25, 0.3) is 10.0 Å². The summed E-state index contributed by atoms with van der Waals surface area (Å²) in [7, 11) is -1.84. The molecule has 0 saturated carbocycles. The average Bonchev–Trinajstić information content (AvgIpc) is 3.32. The number of piperidine rings is 1. The van der Waals surface area contributed by atoms with Crippen molar-refractivity contribution in [1.82, 2.24) is 34.0 Å². The SMILES string of the molecule is Cn1cnc(S(=O)(=O)N2CCC[C@H](Cc3nc(-c4cnccn4)no3)C2)c1. The normalized spacial score (nSPS) is 18.6. The van der Waals surface area contributed by atoms with E-state index in [2.05, 4.69) is 25.1 Å². The van der Waals surface area contributed by atoms with Crippen LogP contribution >= 0.6 is 0 Å². The molecule has 1 aliphatic heterocycles. The molecule has 1 atom stereocenters. The van der Waals surface area contributed by atoms with E-state index < -0.39 is 10.0 Å². The van der Waals surface area contributed by atoms with Crippen LogP contribution in [0, 0.1) is 5.92 Å². The molecule has 0 amide bonds. The van der Waals surface area contributed by atoms with E-state index in [1.807, 2.05) is 0 Å². The van der Waals surface area contributed by atoms with E-state index in [0.29, 0.717) is 36.9 Å². The molecule has 0 bridgehead atoms. The van der Waals surface area contributed by atoms with Gasteiger partial charge in [0, 0.05) is 45.1 Å². The van der Waals surface area contributed by atoms with Gasteiger partial charge in [0.2, 0.25) is 11.7 Å². The van der Waals surface area contributed by atoms with Gasteiger partial charge in [-0.15, -0.1) is 0 Å². The summed E-state index contributed by atoms with van der Waals surface area (Å²) in [4.78, 5) is 16.5. The highest BCUT2D eigenvalue weighted by atomic mass is 32.2. The maximum Gasteiger partial charge on any atom is 0.262 e. The van der Waals surface area contributed by atoms with Gasteiger partial charge in [0.1, 0.15) is 5.69 Å². The van der Waals surface area contributed by atoms with Gasteiger partial charge >= 0.3 is 0 Å². The second kappa shape index (κ2) is 7.16. The summed E-state index contributed by atoms with van der Waals surface area (Å²) < 4.78 is 34.0. The average molecular weight is 389 g/mol. The standard InChI is InChI=1S/C16H19N7O3S/c1-22-10-15(19-11-22)27(24,25)23-6-2-3-12(9-23)7-14-20-16(21-26-14)13-8-17-4-5-18-13/h4-5,8,10-12H,2-3,6-7,9H2,1H3/t12-/m1/s1. The van der Waals surface area contributed by atoms with Crippen LogP contribution in [-0.2, 0) is 23.5 Å². The number of nitrogens with zero attached hydrogens (tertiary/aromatic N) is 7. The molecule has 0 spiro atoms. The number of sulfonamides is 1. The number of hydrogen-bond donors (Lipinski definition) is 0. The van der Waals surface area contributed by atoms with Gasteiger partial charge in [-0.1, -0.05) is 5.16 Å². The summed E-state index contributed by atoms with van der Waals surface area (Å²) in [6.07, 6.45) is 9.90. The minimum absolute atomic E-state index is 0.0772. The molecule has 11 heteroatoms. The predicted molar refractivity (Wildman–Crippen MR) is 93.7 cm³/mol.